The van der Waals surface area contributed by atoms with E-state index in [1.807, 2.05) is 35.9 Å². The van der Waals surface area contributed by atoms with Crippen LogP contribution in [-0.4, -0.2) is 35.4 Å². The first kappa shape index (κ1) is 21.8. The lowest BCUT2D eigenvalue weighted by atomic mass is 10.2. The van der Waals surface area contributed by atoms with Crippen LogP contribution in [0.25, 0.3) is 10.2 Å². The number of aromatic nitrogens is 1. The molecule has 0 unspecified atom stereocenters. The third kappa shape index (κ3) is 5.38. The summed E-state index contributed by atoms with van der Waals surface area (Å²) in [6.07, 6.45) is 0. The van der Waals surface area contributed by atoms with Crippen LogP contribution in [0.2, 0.25) is 10.0 Å². The number of para-hydroxylation sites is 1. The Morgan fingerprint density at radius 1 is 1.03 bits per heavy atom. The third-order valence-corrected chi connectivity index (χ3v) is 5.68. The Morgan fingerprint density at radius 3 is 2.50 bits per heavy atom. The molecule has 11 heteroatoms. The van der Waals surface area contributed by atoms with Crippen LogP contribution in [0.4, 0.5) is 0 Å². The zero-order valence-electron chi connectivity index (χ0n) is 15.7. The molecule has 0 fully saturated rings. The van der Waals surface area contributed by atoms with Crippen LogP contribution in [0, 0.1) is 0 Å². The number of hydrogen-bond donors (Lipinski definition) is 3. The van der Waals surface area contributed by atoms with Gasteiger partial charge in [-0.15, -0.1) is 5.10 Å². The van der Waals surface area contributed by atoms with Gasteiger partial charge in [0.25, 0.3) is 11.8 Å². The van der Waals surface area contributed by atoms with E-state index in [1.165, 1.54) is 29.5 Å². The van der Waals surface area contributed by atoms with Crippen LogP contribution >= 0.6 is 34.5 Å². The molecule has 2 aromatic carbocycles. The summed E-state index contributed by atoms with van der Waals surface area (Å²) in [4.78, 5) is 36.5. The van der Waals surface area contributed by atoms with E-state index >= 15 is 0 Å². The minimum absolute atomic E-state index is 0.177. The molecule has 0 radical (unpaired) electrons. The Morgan fingerprint density at radius 2 is 1.77 bits per heavy atom. The predicted molar refractivity (Wildman–Crippen MR) is 116 cm³/mol. The van der Waals surface area contributed by atoms with Crippen LogP contribution in [0.1, 0.15) is 10.4 Å². The van der Waals surface area contributed by atoms with Crippen molar-refractivity contribution in [3.63, 3.8) is 0 Å². The first-order valence-corrected chi connectivity index (χ1v) is 10.3. The Hall–Kier alpha value is -2.88. The molecule has 0 saturated heterocycles. The van der Waals surface area contributed by atoms with Crippen LogP contribution in [-0.2, 0) is 16.6 Å². The molecule has 1 heterocycles. The van der Waals surface area contributed by atoms with E-state index in [1.54, 1.807) is 0 Å². The number of fused-ring (bicyclic) bond motifs is 1. The number of benzene rings is 2. The Balaban J connectivity index is 1.48. The van der Waals surface area contributed by atoms with Gasteiger partial charge in [-0.3, -0.25) is 14.4 Å². The summed E-state index contributed by atoms with van der Waals surface area (Å²) in [7, 11) is 1.85. The number of aryl methyl sites for hydroxylation is 1. The minimum Gasteiger partial charge on any atom is -0.345 e. The SMILES string of the molecule is Cn1/c(=N/NC(=O)CNC(=O)CNC(=O)c2ccc(Cl)cc2Cl)sc2ccccc21. The van der Waals surface area contributed by atoms with Crippen molar-refractivity contribution in [2.45, 2.75) is 0 Å². The number of carbonyl (C=O) groups excluding carboxylic acids is 3. The molecule has 0 spiro atoms. The van der Waals surface area contributed by atoms with Crippen LogP contribution < -0.4 is 20.9 Å². The van der Waals surface area contributed by atoms with Gasteiger partial charge in [0.1, 0.15) is 0 Å². The van der Waals surface area contributed by atoms with E-state index in [4.69, 9.17) is 23.2 Å². The fraction of sp³-hybridized carbons (Fsp3) is 0.158. The van der Waals surface area contributed by atoms with Gasteiger partial charge >= 0.3 is 0 Å². The number of amides is 3. The van der Waals surface area contributed by atoms with Gasteiger partial charge in [0.2, 0.25) is 10.7 Å². The average Bonchev–Trinajstić information content (AvgIpc) is 3.05. The highest BCUT2D eigenvalue weighted by molar-refractivity contribution is 7.16. The van der Waals surface area contributed by atoms with Crippen LogP contribution in [0.15, 0.2) is 47.6 Å². The second-order valence-corrected chi connectivity index (χ2v) is 7.99. The van der Waals surface area contributed by atoms with Gasteiger partial charge < -0.3 is 15.2 Å². The minimum atomic E-state index is -0.531. The number of rotatable bonds is 6. The molecule has 3 aromatic rings. The molecule has 156 valence electrons. The van der Waals surface area contributed by atoms with Crippen molar-refractivity contribution in [2.24, 2.45) is 12.1 Å². The van der Waals surface area contributed by atoms with Gasteiger partial charge in [-0.05, 0) is 30.3 Å². The van der Waals surface area contributed by atoms with E-state index in [-0.39, 0.29) is 23.7 Å². The smallest absolute Gasteiger partial charge is 0.259 e. The fourth-order valence-electron chi connectivity index (χ4n) is 2.51. The van der Waals surface area contributed by atoms with E-state index in [0.29, 0.717) is 9.82 Å². The number of hydrogen-bond acceptors (Lipinski definition) is 5. The molecule has 8 nitrogen and oxygen atoms in total. The third-order valence-electron chi connectivity index (χ3n) is 4.02. The van der Waals surface area contributed by atoms with Gasteiger partial charge in [0.15, 0.2) is 0 Å². The Kier molecular flexibility index (Phi) is 7.09. The molecule has 0 aliphatic carbocycles. The molecule has 3 rings (SSSR count). The van der Waals surface area contributed by atoms with E-state index in [9.17, 15) is 14.4 Å². The summed E-state index contributed by atoms with van der Waals surface area (Å²) in [5, 5.41) is 9.50. The molecule has 3 N–H and O–H groups in total. The number of nitrogens with zero attached hydrogens (tertiary/aromatic N) is 2. The Labute approximate surface area is 185 Å². The van der Waals surface area contributed by atoms with Crippen LogP contribution in [0.5, 0.6) is 0 Å². The van der Waals surface area contributed by atoms with Crippen LogP contribution in [0.3, 0.4) is 0 Å². The molecule has 1 aromatic heterocycles. The molecule has 30 heavy (non-hydrogen) atoms. The number of carbonyl (C=O) groups is 3. The largest absolute Gasteiger partial charge is 0.345 e. The molecule has 0 bridgehead atoms. The maximum atomic E-state index is 12.1. The summed E-state index contributed by atoms with van der Waals surface area (Å²) in [5.74, 6) is -1.55. The maximum Gasteiger partial charge on any atom is 0.259 e. The molecule has 0 saturated carbocycles. The number of thiazole rings is 1. The van der Waals surface area contributed by atoms with Crippen molar-refractivity contribution in [1.29, 1.82) is 0 Å². The maximum absolute atomic E-state index is 12.1. The van der Waals surface area contributed by atoms with Crippen molar-refractivity contribution < 1.29 is 14.4 Å². The van der Waals surface area contributed by atoms with Gasteiger partial charge in [-0.2, -0.15) is 0 Å². The van der Waals surface area contributed by atoms with Crippen molar-refractivity contribution in [2.75, 3.05) is 13.1 Å². The molecule has 3 amide bonds. The zero-order valence-corrected chi connectivity index (χ0v) is 18.1. The number of nitrogens with one attached hydrogen (secondary N) is 3. The molecule has 0 atom stereocenters. The second kappa shape index (κ2) is 9.75. The lowest BCUT2D eigenvalue weighted by Crippen LogP contribution is -2.41. The van der Waals surface area contributed by atoms with Gasteiger partial charge in [-0.25, -0.2) is 5.43 Å². The van der Waals surface area contributed by atoms with Crippen molar-refractivity contribution in [3.8, 4) is 0 Å². The van der Waals surface area contributed by atoms with E-state index < -0.39 is 17.7 Å². The molecular formula is C19H17Cl2N5O3S. The Bertz CT molecular complexity index is 1190. The summed E-state index contributed by atoms with van der Waals surface area (Å²) in [6.45, 7) is -0.595. The standard InChI is InChI=1S/C19H17Cl2N5O3S/c1-26-14-4-2-3-5-15(14)30-19(26)25-24-17(28)10-22-16(27)9-23-18(29)12-7-6-11(20)8-13(12)21/h2-8H,9-10H2,1H3,(H,22,27)(H,23,29)(H,24,28)/b25-19-. The highest BCUT2D eigenvalue weighted by Gasteiger charge is 2.12. The molecule has 0 aliphatic rings. The second-order valence-electron chi connectivity index (χ2n) is 6.14. The van der Waals surface area contributed by atoms with E-state index in [2.05, 4.69) is 21.2 Å². The summed E-state index contributed by atoms with van der Waals surface area (Å²) < 4.78 is 2.90. The highest BCUT2D eigenvalue weighted by atomic mass is 35.5. The van der Waals surface area contributed by atoms with Crippen molar-refractivity contribution in [3.05, 3.63) is 62.9 Å². The lowest BCUT2D eigenvalue weighted by Gasteiger charge is -2.07. The first-order chi connectivity index (χ1) is 14.3. The topological polar surface area (TPSA) is 105 Å². The monoisotopic (exact) mass is 465 g/mol. The highest BCUT2D eigenvalue weighted by Crippen LogP contribution is 2.20. The van der Waals surface area contributed by atoms with Crippen molar-refractivity contribution >= 4 is 62.5 Å². The van der Waals surface area contributed by atoms with Gasteiger partial charge in [0, 0.05) is 12.1 Å². The molecular weight excluding hydrogens is 449 g/mol. The van der Waals surface area contributed by atoms with E-state index in [0.717, 1.165) is 10.2 Å². The first-order valence-electron chi connectivity index (χ1n) is 8.72. The zero-order chi connectivity index (χ0) is 21.7. The van der Waals surface area contributed by atoms with Crippen molar-refractivity contribution in [1.82, 2.24) is 20.6 Å². The summed E-state index contributed by atoms with van der Waals surface area (Å²) in [5.41, 5.74) is 3.60. The quantitative estimate of drug-likeness (QED) is 0.485. The predicted octanol–water partition coefficient (Wildman–Crippen LogP) is 2.02. The van der Waals surface area contributed by atoms with Gasteiger partial charge in [-0.1, -0.05) is 46.7 Å². The lowest BCUT2D eigenvalue weighted by molar-refractivity contribution is -0.125. The number of halogens is 2. The summed E-state index contributed by atoms with van der Waals surface area (Å²) >= 11 is 13.2. The molecule has 0 aliphatic heterocycles. The average molecular weight is 466 g/mol. The summed E-state index contributed by atoms with van der Waals surface area (Å²) in [6, 6.07) is 12.2. The normalized spacial score (nSPS) is 11.4. The fourth-order valence-corrected chi connectivity index (χ4v) is 3.98. The van der Waals surface area contributed by atoms with Gasteiger partial charge in [0.05, 0.1) is 33.9 Å².